The van der Waals surface area contributed by atoms with E-state index in [0.717, 1.165) is 34.8 Å². The van der Waals surface area contributed by atoms with Crippen LogP contribution in [0.1, 0.15) is 69.0 Å². The molecule has 2 atom stereocenters. The summed E-state index contributed by atoms with van der Waals surface area (Å²) < 4.78 is 17.1. The van der Waals surface area contributed by atoms with Gasteiger partial charge in [-0.3, -0.25) is 0 Å². The normalized spacial score (nSPS) is 18.6. The highest BCUT2D eigenvalue weighted by Gasteiger charge is 2.37. The van der Waals surface area contributed by atoms with E-state index in [0.29, 0.717) is 12.0 Å². The molecule has 5 aromatic carbocycles. The van der Waals surface area contributed by atoms with Gasteiger partial charge in [0.1, 0.15) is 11.2 Å². The van der Waals surface area contributed by atoms with Crippen molar-refractivity contribution in [3.63, 3.8) is 0 Å². The van der Waals surface area contributed by atoms with E-state index in [4.69, 9.17) is 8.39 Å². The van der Waals surface area contributed by atoms with E-state index in [1.807, 2.05) is 0 Å². The summed E-state index contributed by atoms with van der Waals surface area (Å²) in [6.45, 7) is 2.45. The van der Waals surface area contributed by atoms with Crippen LogP contribution in [0.2, 0.25) is 0 Å². The molecular weight excluding hydrogens is 533 g/mol. The molecular formula is C38H38NO2P. The fourth-order valence-electron chi connectivity index (χ4n) is 7.83. The summed E-state index contributed by atoms with van der Waals surface area (Å²) in [5, 5.41) is 7.17. The maximum absolute atomic E-state index is 7.21. The maximum atomic E-state index is 7.21. The van der Waals surface area contributed by atoms with E-state index in [-0.39, 0.29) is 6.04 Å². The third-order valence-electron chi connectivity index (χ3n) is 9.98. The smallest absolute Gasteiger partial charge is 0.310 e. The number of benzene rings is 5. The van der Waals surface area contributed by atoms with Crippen LogP contribution in [0.25, 0.3) is 43.5 Å². The number of hydrogen-bond acceptors (Lipinski definition) is 3. The molecule has 2 aliphatic rings. The van der Waals surface area contributed by atoms with Gasteiger partial charge in [-0.2, -0.15) is 4.67 Å². The maximum Gasteiger partial charge on any atom is 0.310 e. The van der Waals surface area contributed by atoms with E-state index in [1.165, 1.54) is 71.2 Å². The minimum absolute atomic E-state index is 0.281. The minimum atomic E-state index is -1.42. The summed E-state index contributed by atoms with van der Waals surface area (Å²) in [6.07, 6.45) is 10.1. The number of nitrogens with zero attached hydrogens (tertiary/aromatic N) is 1. The second kappa shape index (κ2) is 11.0. The Hall–Kier alpha value is -3.52. The van der Waals surface area contributed by atoms with Crippen molar-refractivity contribution in [1.82, 2.24) is 0 Å². The Morgan fingerprint density at radius 1 is 0.643 bits per heavy atom. The fraction of sp³-hybridized carbons (Fsp3) is 0.316. The summed E-state index contributed by atoms with van der Waals surface area (Å²) >= 11 is 0. The summed E-state index contributed by atoms with van der Waals surface area (Å²) in [7, 11) is -1.42. The lowest BCUT2D eigenvalue weighted by molar-refractivity contribution is 0.294. The van der Waals surface area contributed by atoms with Crippen molar-refractivity contribution in [3.05, 3.63) is 108 Å². The molecule has 0 aliphatic heterocycles. The van der Waals surface area contributed by atoms with Crippen LogP contribution in [0.3, 0.4) is 0 Å². The van der Waals surface area contributed by atoms with Crippen LogP contribution in [0, 0.1) is 5.92 Å². The van der Waals surface area contributed by atoms with Gasteiger partial charge in [0.15, 0.2) is 0 Å². The zero-order valence-electron chi connectivity index (χ0n) is 24.3. The lowest BCUT2D eigenvalue weighted by Crippen LogP contribution is -2.41. The Morgan fingerprint density at radius 2 is 1.24 bits per heavy atom. The highest BCUT2D eigenvalue weighted by Crippen LogP contribution is 2.49. The molecule has 0 radical (unpaired) electrons. The van der Waals surface area contributed by atoms with Gasteiger partial charge in [0.25, 0.3) is 0 Å². The van der Waals surface area contributed by atoms with E-state index in [1.54, 1.807) is 0 Å². The molecule has 3 nitrogen and oxygen atoms in total. The first kappa shape index (κ1) is 26.1. The molecule has 4 heteroatoms. The largest absolute Gasteiger partial charge is 0.408 e. The molecule has 1 fully saturated rings. The second-order valence-corrected chi connectivity index (χ2v) is 13.7. The van der Waals surface area contributed by atoms with Crippen molar-refractivity contribution in [3.8, 4) is 0 Å². The molecule has 1 saturated carbocycles. The van der Waals surface area contributed by atoms with Crippen LogP contribution in [-0.4, -0.2) is 6.04 Å². The molecule has 0 spiro atoms. The van der Waals surface area contributed by atoms with Gasteiger partial charge in [0.2, 0.25) is 0 Å². The molecule has 1 heterocycles. The van der Waals surface area contributed by atoms with Crippen molar-refractivity contribution < 1.29 is 8.39 Å². The molecule has 0 saturated heterocycles. The Bertz CT molecular complexity index is 1860. The first-order valence-corrected chi connectivity index (χ1v) is 17.0. The number of aryl methyl sites for hydroxylation is 1. The Morgan fingerprint density at radius 3 is 1.90 bits per heavy atom. The Kier molecular flexibility index (Phi) is 6.82. The molecule has 2 aliphatic carbocycles. The van der Waals surface area contributed by atoms with Crippen LogP contribution in [0.5, 0.6) is 0 Å². The van der Waals surface area contributed by atoms with E-state index in [2.05, 4.69) is 109 Å². The van der Waals surface area contributed by atoms with Crippen LogP contribution < -0.4 is 4.67 Å². The third kappa shape index (κ3) is 4.46. The molecule has 42 heavy (non-hydrogen) atoms. The molecule has 0 unspecified atom stereocenters. The molecule has 0 N–H and O–H groups in total. The van der Waals surface area contributed by atoms with Crippen LogP contribution >= 0.6 is 8.16 Å². The van der Waals surface area contributed by atoms with Crippen molar-refractivity contribution >= 4 is 51.6 Å². The Balaban J connectivity index is 1.45. The van der Waals surface area contributed by atoms with Gasteiger partial charge < -0.3 is 8.39 Å². The Labute approximate surface area is 248 Å². The van der Waals surface area contributed by atoms with Gasteiger partial charge in [-0.15, -0.1) is 0 Å². The molecule has 0 bridgehead atoms. The molecule has 0 amide bonds. The zero-order valence-corrected chi connectivity index (χ0v) is 25.2. The lowest BCUT2D eigenvalue weighted by Gasteiger charge is -2.41. The summed E-state index contributed by atoms with van der Waals surface area (Å²) in [5.41, 5.74) is 4.81. The lowest BCUT2D eigenvalue weighted by atomic mass is 9.82. The van der Waals surface area contributed by atoms with Gasteiger partial charge in [0.05, 0.1) is 0 Å². The van der Waals surface area contributed by atoms with Crippen LogP contribution in [0.4, 0.5) is 0 Å². The van der Waals surface area contributed by atoms with E-state index >= 15 is 0 Å². The van der Waals surface area contributed by atoms with Gasteiger partial charge in [-0.25, -0.2) is 0 Å². The second-order valence-electron chi connectivity index (χ2n) is 12.4. The predicted octanol–water partition coefficient (Wildman–Crippen LogP) is 11.6. The van der Waals surface area contributed by atoms with Crippen molar-refractivity contribution in [2.24, 2.45) is 5.92 Å². The van der Waals surface area contributed by atoms with Gasteiger partial charge in [-0.05, 0) is 89.8 Å². The van der Waals surface area contributed by atoms with E-state index < -0.39 is 8.16 Å². The number of hydrogen-bond donors (Lipinski definition) is 0. The molecule has 6 aromatic rings. The number of fused-ring (bicyclic) bond motifs is 8. The average Bonchev–Trinajstić information content (AvgIpc) is 3.22. The topological polar surface area (TPSA) is 29.5 Å². The van der Waals surface area contributed by atoms with Gasteiger partial charge in [-0.1, -0.05) is 104 Å². The van der Waals surface area contributed by atoms with Crippen molar-refractivity contribution in [2.75, 3.05) is 4.67 Å². The first-order valence-electron chi connectivity index (χ1n) is 15.8. The van der Waals surface area contributed by atoms with Crippen molar-refractivity contribution in [1.29, 1.82) is 0 Å². The highest BCUT2D eigenvalue weighted by molar-refractivity contribution is 7.39. The van der Waals surface area contributed by atoms with Crippen molar-refractivity contribution in [2.45, 2.75) is 70.4 Å². The first-order chi connectivity index (χ1) is 20.8. The predicted molar refractivity (Wildman–Crippen MR) is 178 cm³/mol. The monoisotopic (exact) mass is 571 g/mol. The van der Waals surface area contributed by atoms with Gasteiger partial charge >= 0.3 is 8.16 Å². The minimum Gasteiger partial charge on any atom is -0.408 e. The number of rotatable bonds is 4. The fourth-order valence-corrected chi connectivity index (χ4v) is 9.65. The molecule has 1 aromatic heterocycles. The van der Waals surface area contributed by atoms with Crippen LogP contribution in [0.15, 0.2) is 105 Å². The SMILES string of the molecule is C[C@H](C1CCCCC1)N([C@@H]1CCCc2ccccc21)p1oc2ccc3ccccc3c2c2c(ccc3ccccc32)o1. The highest BCUT2D eigenvalue weighted by atomic mass is 31.1. The third-order valence-corrected chi connectivity index (χ3v) is 11.7. The molecule has 212 valence electrons. The van der Waals surface area contributed by atoms with Gasteiger partial charge in [0, 0.05) is 22.9 Å². The summed E-state index contributed by atoms with van der Waals surface area (Å²) in [4.78, 5) is 0. The average molecular weight is 572 g/mol. The standard InChI is InChI=1S/C38H38NO2P/c1-26(27-12-3-2-4-13-27)39(34-21-11-17-28-14-5-8-18-31(28)34)42-40-35-24-22-29-15-6-9-19-32(29)37(35)38-33-20-10-7-16-30(33)23-25-36(38)41-42/h5-10,14-16,18-20,22-27,34H,2-4,11-13,17,21H2,1H3/t26-,34-/m1/s1. The summed E-state index contributed by atoms with van der Waals surface area (Å²) in [5.74, 6) is 0.651. The quantitative estimate of drug-likeness (QED) is 0.211. The molecule has 8 rings (SSSR count). The van der Waals surface area contributed by atoms with E-state index in [9.17, 15) is 0 Å². The van der Waals surface area contributed by atoms with Crippen LogP contribution in [-0.2, 0) is 6.42 Å². The zero-order chi connectivity index (χ0) is 28.0. The summed E-state index contributed by atoms with van der Waals surface area (Å²) in [6, 6.07) is 35.9.